The number of carbonyl (C=O) groups is 1. The first-order valence-corrected chi connectivity index (χ1v) is 6.59. The third-order valence-electron chi connectivity index (χ3n) is 4.10. The van der Waals surface area contributed by atoms with E-state index in [1.807, 2.05) is 0 Å². The highest BCUT2D eigenvalue weighted by molar-refractivity contribution is 5.89. The zero-order chi connectivity index (χ0) is 13.3. The molecule has 0 unspecified atom stereocenters. The van der Waals surface area contributed by atoms with Gasteiger partial charge in [-0.2, -0.15) is 0 Å². The third-order valence-corrected chi connectivity index (χ3v) is 4.10. The summed E-state index contributed by atoms with van der Waals surface area (Å²) in [7, 11) is 0. The van der Waals surface area contributed by atoms with E-state index in [-0.39, 0.29) is 12.7 Å². The molecule has 0 radical (unpaired) electrons. The molecule has 1 amide bonds. The summed E-state index contributed by atoms with van der Waals surface area (Å²) in [6.45, 7) is 0.775. The smallest absolute Gasteiger partial charge is 0.415 e. The van der Waals surface area contributed by atoms with E-state index in [1.165, 1.54) is 6.33 Å². The first-order chi connectivity index (χ1) is 9.22. The Balaban J connectivity index is 1.74. The highest BCUT2D eigenvalue weighted by Gasteiger charge is 2.47. The SMILES string of the molecule is O=C1OC2(CCC(CO)CC2)CN1c1cncnc1. The average Bonchev–Trinajstić information content (AvgIpc) is 2.77. The van der Waals surface area contributed by atoms with E-state index in [4.69, 9.17) is 9.84 Å². The minimum atomic E-state index is -0.390. The molecule has 19 heavy (non-hydrogen) atoms. The standard InChI is InChI=1S/C13H17N3O3/c17-7-10-1-3-13(4-2-10)8-16(12(18)19-13)11-5-14-9-15-6-11/h5-6,9-10,17H,1-4,7-8H2. The normalized spacial score (nSPS) is 30.7. The second kappa shape index (κ2) is 4.77. The van der Waals surface area contributed by atoms with Crippen LogP contribution >= 0.6 is 0 Å². The number of aliphatic hydroxyl groups is 1. The van der Waals surface area contributed by atoms with Gasteiger partial charge in [-0.05, 0) is 31.6 Å². The number of aromatic nitrogens is 2. The van der Waals surface area contributed by atoms with Gasteiger partial charge in [-0.15, -0.1) is 0 Å². The number of aliphatic hydroxyl groups excluding tert-OH is 1. The monoisotopic (exact) mass is 263 g/mol. The Hall–Kier alpha value is -1.69. The summed E-state index contributed by atoms with van der Waals surface area (Å²) in [6.07, 6.45) is 7.79. The largest absolute Gasteiger partial charge is 0.441 e. The molecule has 0 atom stereocenters. The molecule has 1 N–H and O–H groups in total. The lowest BCUT2D eigenvalue weighted by molar-refractivity contribution is 0.00558. The van der Waals surface area contributed by atoms with Gasteiger partial charge in [0, 0.05) is 6.61 Å². The molecule has 1 aliphatic heterocycles. The van der Waals surface area contributed by atoms with Gasteiger partial charge in [0.15, 0.2) is 0 Å². The topological polar surface area (TPSA) is 75.6 Å². The number of anilines is 1. The van der Waals surface area contributed by atoms with E-state index in [0.717, 1.165) is 25.7 Å². The molecule has 2 aliphatic rings. The van der Waals surface area contributed by atoms with Crippen LogP contribution in [0.25, 0.3) is 0 Å². The lowest BCUT2D eigenvalue weighted by Gasteiger charge is -2.34. The fourth-order valence-electron chi connectivity index (χ4n) is 2.90. The fourth-order valence-corrected chi connectivity index (χ4v) is 2.90. The minimum Gasteiger partial charge on any atom is -0.441 e. The van der Waals surface area contributed by atoms with Gasteiger partial charge in [0.1, 0.15) is 11.9 Å². The van der Waals surface area contributed by atoms with Crippen LogP contribution in [0.15, 0.2) is 18.7 Å². The lowest BCUT2D eigenvalue weighted by Crippen LogP contribution is -2.39. The van der Waals surface area contributed by atoms with Crippen molar-refractivity contribution in [2.24, 2.45) is 5.92 Å². The second-order valence-electron chi connectivity index (χ2n) is 5.36. The quantitative estimate of drug-likeness (QED) is 0.871. The van der Waals surface area contributed by atoms with E-state index in [0.29, 0.717) is 18.2 Å². The molecule has 1 aromatic rings. The van der Waals surface area contributed by atoms with Crippen molar-refractivity contribution in [3.05, 3.63) is 18.7 Å². The number of ether oxygens (including phenoxy) is 1. The first kappa shape index (κ1) is 12.3. The van der Waals surface area contributed by atoms with Crippen LogP contribution < -0.4 is 4.90 Å². The number of hydrogen-bond donors (Lipinski definition) is 1. The molecule has 0 bridgehead atoms. The van der Waals surface area contributed by atoms with Gasteiger partial charge in [-0.1, -0.05) is 0 Å². The maximum absolute atomic E-state index is 12.0. The van der Waals surface area contributed by atoms with E-state index in [2.05, 4.69) is 9.97 Å². The van der Waals surface area contributed by atoms with Crippen molar-refractivity contribution < 1.29 is 14.6 Å². The molecular weight excluding hydrogens is 246 g/mol. The van der Waals surface area contributed by atoms with Gasteiger partial charge in [-0.25, -0.2) is 14.8 Å². The molecule has 1 aromatic heterocycles. The summed E-state index contributed by atoms with van der Waals surface area (Å²) in [4.78, 5) is 21.5. The van der Waals surface area contributed by atoms with Gasteiger partial charge in [0.25, 0.3) is 0 Å². The maximum atomic E-state index is 12.0. The Kier molecular flexibility index (Phi) is 3.10. The van der Waals surface area contributed by atoms with Crippen molar-refractivity contribution >= 4 is 11.8 Å². The van der Waals surface area contributed by atoms with Crippen LogP contribution in [-0.4, -0.2) is 39.9 Å². The van der Waals surface area contributed by atoms with E-state index in [1.54, 1.807) is 17.3 Å². The molecule has 0 aromatic carbocycles. The van der Waals surface area contributed by atoms with Crippen LogP contribution in [-0.2, 0) is 4.74 Å². The average molecular weight is 263 g/mol. The predicted molar refractivity (Wildman–Crippen MR) is 67.6 cm³/mol. The van der Waals surface area contributed by atoms with Gasteiger partial charge in [0.2, 0.25) is 0 Å². The molecule has 1 aliphatic carbocycles. The second-order valence-corrected chi connectivity index (χ2v) is 5.36. The molecule has 102 valence electrons. The Labute approximate surface area is 111 Å². The van der Waals surface area contributed by atoms with Gasteiger partial charge < -0.3 is 9.84 Å². The maximum Gasteiger partial charge on any atom is 0.415 e. The summed E-state index contributed by atoms with van der Waals surface area (Å²) in [5.74, 6) is 0.346. The Morgan fingerprint density at radius 1 is 1.37 bits per heavy atom. The number of hydrogen-bond acceptors (Lipinski definition) is 5. The summed E-state index contributed by atoms with van der Waals surface area (Å²) < 4.78 is 5.60. The molecule has 1 saturated heterocycles. The number of carbonyl (C=O) groups excluding carboxylic acids is 1. The lowest BCUT2D eigenvalue weighted by atomic mass is 9.79. The number of amides is 1. The Morgan fingerprint density at radius 2 is 2.05 bits per heavy atom. The van der Waals surface area contributed by atoms with Crippen molar-refractivity contribution in [3.8, 4) is 0 Å². The summed E-state index contributed by atoms with van der Waals surface area (Å²) in [5.41, 5.74) is 0.284. The summed E-state index contributed by atoms with van der Waals surface area (Å²) >= 11 is 0. The van der Waals surface area contributed by atoms with Gasteiger partial charge in [0.05, 0.1) is 24.6 Å². The zero-order valence-electron chi connectivity index (χ0n) is 10.7. The molecule has 6 heteroatoms. The van der Waals surface area contributed by atoms with Crippen molar-refractivity contribution in [2.45, 2.75) is 31.3 Å². The summed E-state index contributed by atoms with van der Waals surface area (Å²) in [6, 6.07) is 0. The molecule has 2 heterocycles. The van der Waals surface area contributed by atoms with Crippen LogP contribution in [0.1, 0.15) is 25.7 Å². The minimum absolute atomic E-state index is 0.222. The molecule has 6 nitrogen and oxygen atoms in total. The van der Waals surface area contributed by atoms with Crippen LogP contribution in [0.2, 0.25) is 0 Å². The number of rotatable bonds is 2. The van der Waals surface area contributed by atoms with Crippen molar-refractivity contribution in [3.63, 3.8) is 0 Å². The Morgan fingerprint density at radius 3 is 2.68 bits per heavy atom. The molecule has 1 spiro atoms. The van der Waals surface area contributed by atoms with E-state index in [9.17, 15) is 4.79 Å². The van der Waals surface area contributed by atoms with Crippen molar-refractivity contribution in [2.75, 3.05) is 18.1 Å². The molecule has 1 saturated carbocycles. The van der Waals surface area contributed by atoms with Crippen LogP contribution in [0.5, 0.6) is 0 Å². The third kappa shape index (κ3) is 2.28. The highest BCUT2D eigenvalue weighted by atomic mass is 16.6. The van der Waals surface area contributed by atoms with Crippen LogP contribution in [0, 0.1) is 5.92 Å². The molecule has 2 fully saturated rings. The fraction of sp³-hybridized carbons (Fsp3) is 0.615. The highest BCUT2D eigenvalue weighted by Crippen LogP contribution is 2.40. The van der Waals surface area contributed by atoms with Crippen LogP contribution in [0.3, 0.4) is 0 Å². The van der Waals surface area contributed by atoms with E-state index < -0.39 is 5.60 Å². The summed E-state index contributed by atoms with van der Waals surface area (Å²) in [5, 5.41) is 9.17. The Bertz CT molecular complexity index is 457. The van der Waals surface area contributed by atoms with Crippen molar-refractivity contribution in [1.82, 2.24) is 9.97 Å². The van der Waals surface area contributed by atoms with Crippen molar-refractivity contribution in [1.29, 1.82) is 0 Å². The number of nitrogens with zero attached hydrogens (tertiary/aromatic N) is 3. The van der Waals surface area contributed by atoms with Gasteiger partial charge in [-0.3, -0.25) is 4.90 Å². The van der Waals surface area contributed by atoms with Gasteiger partial charge >= 0.3 is 6.09 Å². The predicted octanol–water partition coefficient (Wildman–Crippen LogP) is 1.35. The zero-order valence-corrected chi connectivity index (χ0v) is 10.7. The molecular formula is C13H17N3O3. The first-order valence-electron chi connectivity index (χ1n) is 6.59. The molecule has 3 rings (SSSR count). The van der Waals surface area contributed by atoms with E-state index >= 15 is 0 Å². The van der Waals surface area contributed by atoms with Crippen LogP contribution in [0.4, 0.5) is 10.5 Å².